The van der Waals surface area contributed by atoms with E-state index in [-0.39, 0.29) is 11.9 Å². The van der Waals surface area contributed by atoms with E-state index in [0.29, 0.717) is 12.6 Å². The highest BCUT2D eigenvalue weighted by Gasteiger charge is 2.45. The van der Waals surface area contributed by atoms with Gasteiger partial charge in [0.15, 0.2) is 0 Å². The molecule has 26 heavy (non-hydrogen) atoms. The molecule has 5 heteroatoms. The van der Waals surface area contributed by atoms with Crippen molar-refractivity contribution in [2.45, 2.75) is 75.9 Å². The van der Waals surface area contributed by atoms with E-state index in [1.165, 1.54) is 19.3 Å². The summed E-state index contributed by atoms with van der Waals surface area (Å²) in [5, 5.41) is 5.94. The summed E-state index contributed by atoms with van der Waals surface area (Å²) in [6.45, 7) is 0.468. The maximum absolute atomic E-state index is 13.3. The number of hydrogen-bond acceptors (Lipinski definition) is 2. The van der Waals surface area contributed by atoms with Gasteiger partial charge in [0.25, 0.3) is 0 Å². The molecule has 1 aromatic rings. The van der Waals surface area contributed by atoms with Crippen LogP contribution in [0.4, 0.5) is 4.79 Å². The molecule has 0 aliphatic heterocycles. The molecule has 0 spiro atoms. The number of nitrogens with one attached hydrogen (secondary N) is 2. The molecule has 142 valence electrons. The molecule has 0 unspecified atom stereocenters. The molecule has 2 aliphatic rings. The van der Waals surface area contributed by atoms with Gasteiger partial charge in [-0.05, 0) is 31.2 Å². The summed E-state index contributed by atoms with van der Waals surface area (Å²) < 4.78 is 0. The Bertz CT molecular complexity index is 605. The molecule has 3 amide bonds. The summed E-state index contributed by atoms with van der Waals surface area (Å²) in [4.78, 5) is 27.7. The van der Waals surface area contributed by atoms with Crippen molar-refractivity contribution in [2.24, 2.45) is 0 Å². The minimum Gasteiger partial charge on any atom is -0.341 e. The Kier molecular flexibility index (Phi) is 6.17. The van der Waals surface area contributed by atoms with E-state index in [9.17, 15) is 9.59 Å². The molecule has 0 bridgehead atoms. The topological polar surface area (TPSA) is 61.4 Å². The van der Waals surface area contributed by atoms with E-state index in [4.69, 9.17) is 0 Å². The van der Waals surface area contributed by atoms with E-state index in [1.54, 1.807) is 0 Å². The fourth-order valence-corrected chi connectivity index (χ4v) is 4.38. The Labute approximate surface area is 156 Å². The third-order valence-corrected chi connectivity index (χ3v) is 5.96. The number of amides is 3. The van der Waals surface area contributed by atoms with Crippen molar-refractivity contribution < 1.29 is 9.59 Å². The van der Waals surface area contributed by atoms with Crippen LogP contribution in [0.3, 0.4) is 0 Å². The van der Waals surface area contributed by atoms with Gasteiger partial charge in [0.05, 0.1) is 0 Å². The van der Waals surface area contributed by atoms with Crippen molar-refractivity contribution in [3.05, 3.63) is 35.9 Å². The van der Waals surface area contributed by atoms with Crippen LogP contribution >= 0.6 is 0 Å². The first kappa shape index (κ1) is 18.7. The zero-order valence-electron chi connectivity index (χ0n) is 15.8. The highest BCUT2D eigenvalue weighted by atomic mass is 16.2. The molecule has 2 saturated carbocycles. The summed E-state index contributed by atoms with van der Waals surface area (Å²) in [5.41, 5.74) is 0.321. The molecule has 0 heterocycles. The minimum absolute atomic E-state index is 0.0942. The smallest absolute Gasteiger partial charge is 0.315 e. The second kappa shape index (κ2) is 8.56. The predicted octanol–water partition coefficient (Wildman–Crippen LogP) is 3.59. The normalized spacial score (nSPS) is 19.7. The molecular weight excluding hydrogens is 326 g/mol. The lowest BCUT2D eigenvalue weighted by Gasteiger charge is -2.38. The third kappa shape index (κ3) is 4.37. The lowest BCUT2D eigenvalue weighted by atomic mass is 9.90. The van der Waals surface area contributed by atoms with Crippen LogP contribution < -0.4 is 10.6 Å². The van der Waals surface area contributed by atoms with Gasteiger partial charge in [-0.25, -0.2) is 4.79 Å². The van der Waals surface area contributed by atoms with Crippen LogP contribution in [0, 0.1) is 0 Å². The molecule has 3 rings (SSSR count). The quantitative estimate of drug-likeness (QED) is 0.846. The van der Waals surface area contributed by atoms with Crippen molar-refractivity contribution in [3.63, 3.8) is 0 Å². The average molecular weight is 357 g/mol. The maximum atomic E-state index is 13.3. The van der Waals surface area contributed by atoms with Crippen LogP contribution in [0.25, 0.3) is 0 Å². The highest BCUT2D eigenvalue weighted by Crippen LogP contribution is 2.33. The van der Waals surface area contributed by atoms with Gasteiger partial charge in [0, 0.05) is 19.6 Å². The Morgan fingerprint density at radius 3 is 2.35 bits per heavy atom. The van der Waals surface area contributed by atoms with E-state index in [2.05, 4.69) is 10.6 Å². The largest absolute Gasteiger partial charge is 0.341 e. The first-order chi connectivity index (χ1) is 12.6. The van der Waals surface area contributed by atoms with Crippen LogP contribution in [0.5, 0.6) is 0 Å². The molecule has 0 radical (unpaired) electrons. The van der Waals surface area contributed by atoms with Gasteiger partial charge in [-0.3, -0.25) is 4.79 Å². The Morgan fingerprint density at radius 1 is 1.04 bits per heavy atom. The number of benzene rings is 1. The number of hydrogen-bond donors (Lipinski definition) is 2. The standard InChI is InChI=1S/C21H31N3O2/c1-24(18-12-6-3-7-13-18)19(25)21(14-8-9-15-21)23-20(26)22-16-17-10-4-2-5-11-17/h2,4-5,10-11,18H,3,6-9,12-16H2,1H3,(H2,22,23,26). The van der Waals surface area contributed by atoms with Gasteiger partial charge in [-0.2, -0.15) is 0 Å². The van der Waals surface area contributed by atoms with E-state index in [1.807, 2.05) is 42.3 Å². The van der Waals surface area contributed by atoms with E-state index < -0.39 is 5.54 Å². The Morgan fingerprint density at radius 2 is 1.69 bits per heavy atom. The second-order valence-corrected chi connectivity index (χ2v) is 7.79. The number of urea groups is 1. The maximum Gasteiger partial charge on any atom is 0.315 e. The van der Waals surface area contributed by atoms with Crippen molar-refractivity contribution in [1.82, 2.24) is 15.5 Å². The first-order valence-electron chi connectivity index (χ1n) is 9.98. The van der Waals surface area contributed by atoms with Crippen LogP contribution in [-0.2, 0) is 11.3 Å². The van der Waals surface area contributed by atoms with Crippen molar-refractivity contribution >= 4 is 11.9 Å². The summed E-state index contributed by atoms with van der Waals surface area (Å²) in [5.74, 6) is 0.0942. The zero-order chi connectivity index (χ0) is 18.4. The van der Waals surface area contributed by atoms with Crippen molar-refractivity contribution in [3.8, 4) is 0 Å². The number of nitrogens with zero attached hydrogens (tertiary/aromatic N) is 1. The van der Waals surface area contributed by atoms with Crippen LogP contribution in [-0.4, -0.2) is 35.5 Å². The third-order valence-electron chi connectivity index (χ3n) is 5.96. The molecule has 0 aromatic heterocycles. The monoisotopic (exact) mass is 357 g/mol. The molecule has 0 saturated heterocycles. The van der Waals surface area contributed by atoms with Gasteiger partial charge < -0.3 is 15.5 Å². The first-order valence-corrected chi connectivity index (χ1v) is 9.98. The summed E-state index contributed by atoms with van der Waals surface area (Å²) in [6, 6.07) is 9.90. The highest BCUT2D eigenvalue weighted by molar-refractivity contribution is 5.91. The number of carbonyl (C=O) groups is 2. The number of rotatable bonds is 5. The van der Waals surface area contributed by atoms with Gasteiger partial charge in [0.2, 0.25) is 5.91 Å². The molecule has 0 atom stereocenters. The zero-order valence-corrected chi connectivity index (χ0v) is 15.8. The summed E-state index contributed by atoms with van der Waals surface area (Å²) in [7, 11) is 1.92. The van der Waals surface area contributed by atoms with Gasteiger partial charge in [0.1, 0.15) is 5.54 Å². The van der Waals surface area contributed by atoms with Crippen LogP contribution in [0.1, 0.15) is 63.4 Å². The predicted molar refractivity (Wildman–Crippen MR) is 103 cm³/mol. The van der Waals surface area contributed by atoms with E-state index >= 15 is 0 Å². The van der Waals surface area contributed by atoms with Crippen LogP contribution in [0.15, 0.2) is 30.3 Å². The average Bonchev–Trinajstić information content (AvgIpc) is 3.16. The Hall–Kier alpha value is -2.04. The Balaban J connectivity index is 1.61. The van der Waals surface area contributed by atoms with Crippen molar-refractivity contribution in [1.29, 1.82) is 0 Å². The summed E-state index contributed by atoms with van der Waals surface area (Å²) >= 11 is 0. The molecule has 1 aromatic carbocycles. The number of likely N-dealkylation sites (N-methyl/N-ethyl adjacent to an activating group) is 1. The lowest BCUT2D eigenvalue weighted by molar-refractivity contribution is -0.139. The van der Waals surface area contributed by atoms with E-state index in [0.717, 1.165) is 44.1 Å². The van der Waals surface area contributed by atoms with Gasteiger partial charge in [-0.15, -0.1) is 0 Å². The molecule has 5 nitrogen and oxygen atoms in total. The molecule has 2 N–H and O–H groups in total. The minimum atomic E-state index is -0.729. The molecule has 2 fully saturated rings. The fraction of sp³-hybridized carbons (Fsp3) is 0.619. The SMILES string of the molecule is CN(C(=O)C1(NC(=O)NCc2ccccc2)CCCC1)C1CCCCC1. The molecule has 2 aliphatic carbocycles. The lowest BCUT2D eigenvalue weighted by Crippen LogP contribution is -2.60. The fourth-order valence-electron chi connectivity index (χ4n) is 4.38. The van der Waals surface area contributed by atoms with Gasteiger partial charge in [-0.1, -0.05) is 62.4 Å². The molecular formula is C21H31N3O2. The van der Waals surface area contributed by atoms with Crippen molar-refractivity contribution in [2.75, 3.05) is 7.05 Å². The van der Waals surface area contributed by atoms with Gasteiger partial charge >= 0.3 is 6.03 Å². The van der Waals surface area contributed by atoms with Crippen LogP contribution in [0.2, 0.25) is 0 Å². The summed E-state index contributed by atoms with van der Waals surface area (Å²) in [6.07, 6.45) is 9.27. The number of carbonyl (C=O) groups excluding carboxylic acids is 2. The second-order valence-electron chi connectivity index (χ2n) is 7.79.